The van der Waals surface area contributed by atoms with Crippen molar-refractivity contribution in [3.8, 4) is 5.75 Å². The monoisotopic (exact) mass is 261 g/mol. The lowest BCUT2D eigenvalue weighted by molar-refractivity contribution is 0.0697. The minimum atomic E-state index is -1.22. The van der Waals surface area contributed by atoms with Crippen molar-refractivity contribution in [2.75, 3.05) is 5.73 Å². The summed E-state index contributed by atoms with van der Waals surface area (Å²) in [5.74, 6) is -2.03. The number of benzene rings is 2. The van der Waals surface area contributed by atoms with E-state index in [9.17, 15) is 9.18 Å². The SMILES string of the molecule is Nc1cc(F)c(OCc2ccccc2)cc1C(=O)O. The fourth-order valence-corrected chi connectivity index (χ4v) is 1.60. The molecule has 0 amide bonds. The van der Waals surface area contributed by atoms with Gasteiger partial charge in [0.15, 0.2) is 11.6 Å². The molecule has 0 aromatic heterocycles. The smallest absolute Gasteiger partial charge is 0.337 e. The van der Waals surface area contributed by atoms with Crippen LogP contribution in [0.3, 0.4) is 0 Å². The highest BCUT2D eigenvalue weighted by Crippen LogP contribution is 2.25. The third kappa shape index (κ3) is 3.01. The van der Waals surface area contributed by atoms with Gasteiger partial charge in [0, 0.05) is 11.8 Å². The van der Waals surface area contributed by atoms with E-state index in [1.165, 1.54) is 0 Å². The number of nitrogen functional groups attached to an aromatic ring is 1. The van der Waals surface area contributed by atoms with Gasteiger partial charge in [-0.15, -0.1) is 0 Å². The average molecular weight is 261 g/mol. The Hall–Kier alpha value is -2.56. The van der Waals surface area contributed by atoms with Crippen LogP contribution in [0.5, 0.6) is 5.75 Å². The largest absolute Gasteiger partial charge is 0.486 e. The Bertz CT molecular complexity index is 599. The summed E-state index contributed by atoms with van der Waals surface area (Å²) in [5.41, 5.74) is 5.97. The number of anilines is 1. The first-order valence-corrected chi connectivity index (χ1v) is 5.57. The molecule has 0 fully saturated rings. The maximum absolute atomic E-state index is 13.6. The summed E-state index contributed by atoms with van der Waals surface area (Å²) in [4.78, 5) is 10.9. The summed E-state index contributed by atoms with van der Waals surface area (Å²) < 4.78 is 18.9. The van der Waals surface area contributed by atoms with Crippen molar-refractivity contribution in [3.63, 3.8) is 0 Å². The van der Waals surface area contributed by atoms with Gasteiger partial charge in [-0.3, -0.25) is 0 Å². The van der Waals surface area contributed by atoms with Crippen molar-refractivity contribution in [1.82, 2.24) is 0 Å². The van der Waals surface area contributed by atoms with Crippen LogP contribution >= 0.6 is 0 Å². The van der Waals surface area contributed by atoms with Gasteiger partial charge in [-0.25, -0.2) is 9.18 Å². The van der Waals surface area contributed by atoms with Gasteiger partial charge in [0.25, 0.3) is 0 Å². The normalized spacial score (nSPS) is 10.2. The molecule has 0 saturated heterocycles. The van der Waals surface area contributed by atoms with E-state index in [1.807, 2.05) is 30.3 Å². The second kappa shape index (κ2) is 5.39. The fraction of sp³-hybridized carbons (Fsp3) is 0.0714. The van der Waals surface area contributed by atoms with Crippen LogP contribution < -0.4 is 10.5 Å². The molecule has 0 aliphatic rings. The van der Waals surface area contributed by atoms with E-state index in [1.54, 1.807) is 0 Å². The van der Waals surface area contributed by atoms with Gasteiger partial charge in [0.2, 0.25) is 0 Å². The highest BCUT2D eigenvalue weighted by Gasteiger charge is 2.14. The van der Waals surface area contributed by atoms with Crippen LogP contribution in [-0.2, 0) is 6.61 Å². The molecule has 2 rings (SSSR count). The maximum atomic E-state index is 13.6. The van der Waals surface area contributed by atoms with Crippen LogP contribution in [0.25, 0.3) is 0 Å². The highest BCUT2D eigenvalue weighted by molar-refractivity contribution is 5.94. The summed E-state index contributed by atoms with van der Waals surface area (Å²) in [6.45, 7) is 0.154. The maximum Gasteiger partial charge on any atom is 0.337 e. The topological polar surface area (TPSA) is 72.5 Å². The molecule has 0 aliphatic heterocycles. The molecule has 2 aromatic carbocycles. The molecule has 0 unspecified atom stereocenters. The molecule has 3 N–H and O–H groups in total. The van der Waals surface area contributed by atoms with E-state index >= 15 is 0 Å². The summed E-state index contributed by atoms with van der Waals surface area (Å²) >= 11 is 0. The van der Waals surface area contributed by atoms with Gasteiger partial charge in [-0.2, -0.15) is 0 Å². The van der Waals surface area contributed by atoms with E-state index in [0.717, 1.165) is 17.7 Å². The Labute approximate surface area is 109 Å². The van der Waals surface area contributed by atoms with Gasteiger partial charge < -0.3 is 15.6 Å². The van der Waals surface area contributed by atoms with Crippen molar-refractivity contribution >= 4 is 11.7 Å². The highest BCUT2D eigenvalue weighted by atomic mass is 19.1. The summed E-state index contributed by atoms with van der Waals surface area (Å²) in [7, 11) is 0. The van der Waals surface area contributed by atoms with E-state index in [2.05, 4.69) is 0 Å². The number of nitrogens with two attached hydrogens (primary N) is 1. The number of ether oxygens (including phenoxy) is 1. The van der Waals surface area contributed by atoms with E-state index < -0.39 is 11.8 Å². The first kappa shape index (κ1) is 12.9. The second-order valence-electron chi connectivity index (χ2n) is 3.95. The molecule has 2 aromatic rings. The molecule has 5 heteroatoms. The molecular weight excluding hydrogens is 249 g/mol. The van der Waals surface area contributed by atoms with E-state index in [4.69, 9.17) is 15.6 Å². The first-order chi connectivity index (χ1) is 9.08. The van der Waals surface area contributed by atoms with Crippen LogP contribution in [0, 0.1) is 5.82 Å². The van der Waals surface area contributed by atoms with Crippen molar-refractivity contribution in [2.45, 2.75) is 6.61 Å². The molecule has 4 nitrogen and oxygen atoms in total. The second-order valence-corrected chi connectivity index (χ2v) is 3.95. The van der Waals surface area contributed by atoms with Crippen LogP contribution in [0.4, 0.5) is 10.1 Å². The quantitative estimate of drug-likeness (QED) is 0.830. The zero-order valence-electron chi connectivity index (χ0n) is 9.97. The summed E-state index contributed by atoms with van der Waals surface area (Å²) in [6, 6.07) is 11.2. The Morgan fingerprint density at radius 2 is 1.95 bits per heavy atom. The van der Waals surface area contributed by atoms with Gasteiger partial charge in [0.05, 0.1) is 5.56 Å². The van der Waals surface area contributed by atoms with Crippen LogP contribution in [0.2, 0.25) is 0 Å². The first-order valence-electron chi connectivity index (χ1n) is 5.57. The number of halogens is 1. The third-order valence-electron chi connectivity index (χ3n) is 2.57. The summed E-state index contributed by atoms with van der Waals surface area (Å²) in [6.07, 6.45) is 0. The zero-order chi connectivity index (χ0) is 13.8. The number of carboxylic acid groups (broad SMARTS) is 1. The van der Waals surface area contributed by atoms with E-state index in [0.29, 0.717) is 0 Å². The van der Waals surface area contributed by atoms with Crippen LogP contribution in [0.15, 0.2) is 42.5 Å². The zero-order valence-corrected chi connectivity index (χ0v) is 9.97. The standard InChI is InChI=1S/C14H12FNO3/c15-11-7-12(16)10(14(17)18)6-13(11)19-8-9-4-2-1-3-5-9/h1-7H,8,16H2,(H,17,18). The molecule has 0 spiro atoms. The van der Waals surface area contributed by atoms with Crippen molar-refractivity contribution in [3.05, 3.63) is 59.4 Å². The lowest BCUT2D eigenvalue weighted by atomic mass is 10.1. The number of carboxylic acids is 1. The third-order valence-corrected chi connectivity index (χ3v) is 2.57. The van der Waals surface area contributed by atoms with Gasteiger partial charge >= 0.3 is 5.97 Å². The van der Waals surface area contributed by atoms with Gasteiger partial charge in [-0.05, 0) is 11.6 Å². The molecule has 0 bridgehead atoms. The number of carbonyl (C=O) groups is 1. The van der Waals surface area contributed by atoms with Gasteiger partial charge in [0.1, 0.15) is 6.61 Å². The van der Waals surface area contributed by atoms with Crippen LogP contribution in [-0.4, -0.2) is 11.1 Å². The lowest BCUT2D eigenvalue weighted by Crippen LogP contribution is -2.05. The van der Waals surface area contributed by atoms with Crippen molar-refractivity contribution in [2.24, 2.45) is 0 Å². The minimum absolute atomic E-state index is 0.128. The Morgan fingerprint density at radius 1 is 1.26 bits per heavy atom. The molecule has 0 heterocycles. The lowest BCUT2D eigenvalue weighted by Gasteiger charge is -2.09. The molecule has 0 atom stereocenters. The molecule has 98 valence electrons. The molecule has 0 radical (unpaired) electrons. The van der Waals surface area contributed by atoms with E-state index in [-0.39, 0.29) is 23.6 Å². The number of aromatic carboxylic acids is 1. The Morgan fingerprint density at radius 3 is 2.58 bits per heavy atom. The molecular formula is C14H12FNO3. The Kier molecular flexibility index (Phi) is 3.66. The Balaban J connectivity index is 2.21. The van der Waals surface area contributed by atoms with Crippen molar-refractivity contribution in [1.29, 1.82) is 0 Å². The predicted molar refractivity (Wildman–Crippen MR) is 68.5 cm³/mol. The number of hydrogen-bond acceptors (Lipinski definition) is 3. The molecule has 0 saturated carbocycles. The molecule has 19 heavy (non-hydrogen) atoms. The fourth-order valence-electron chi connectivity index (χ4n) is 1.60. The average Bonchev–Trinajstić information content (AvgIpc) is 2.38. The number of hydrogen-bond donors (Lipinski definition) is 2. The minimum Gasteiger partial charge on any atom is -0.486 e. The predicted octanol–water partition coefficient (Wildman–Crippen LogP) is 2.69. The summed E-state index contributed by atoms with van der Waals surface area (Å²) in [5, 5.41) is 8.91. The van der Waals surface area contributed by atoms with Gasteiger partial charge in [-0.1, -0.05) is 30.3 Å². The van der Waals surface area contributed by atoms with Crippen LogP contribution in [0.1, 0.15) is 15.9 Å². The molecule has 0 aliphatic carbocycles. The number of rotatable bonds is 4. The van der Waals surface area contributed by atoms with Crippen molar-refractivity contribution < 1.29 is 19.0 Å².